The molecule has 1 aliphatic rings. The third-order valence-corrected chi connectivity index (χ3v) is 4.69. The Kier molecular flexibility index (Phi) is 3.58. The number of halogens is 1. The molecule has 2 aromatic carbocycles. The fourth-order valence-corrected chi connectivity index (χ4v) is 3.46. The van der Waals surface area contributed by atoms with Crippen molar-refractivity contribution in [3.63, 3.8) is 0 Å². The van der Waals surface area contributed by atoms with Crippen LogP contribution < -0.4 is 0 Å². The molecule has 1 aromatic heterocycles. The summed E-state index contributed by atoms with van der Waals surface area (Å²) in [5, 5.41) is 10.9. The van der Waals surface area contributed by atoms with E-state index in [0.717, 1.165) is 22.2 Å². The number of amides is 1. The summed E-state index contributed by atoms with van der Waals surface area (Å²) in [5.41, 5.74) is 3.13. The Bertz CT molecular complexity index is 919. The number of benzene rings is 2. The zero-order chi connectivity index (χ0) is 16.7. The van der Waals surface area contributed by atoms with Crippen LogP contribution in [0.25, 0.3) is 10.9 Å². The molecule has 4 nitrogen and oxygen atoms in total. The Balaban J connectivity index is 1.74. The van der Waals surface area contributed by atoms with Gasteiger partial charge >= 0.3 is 0 Å². The summed E-state index contributed by atoms with van der Waals surface area (Å²) in [6.07, 6.45) is 0.552. The maximum Gasteiger partial charge on any atom is 0.257 e. The first kappa shape index (κ1) is 14.9. The minimum Gasteiger partial charge on any atom is -0.394 e. The molecule has 5 heteroatoms. The SMILES string of the molecule is O=C(c1ccccc1F)N1Cc2[nH]c3ccccc3c2CC1CO. The molecule has 0 aliphatic carbocycles. The van der Waals surface area contributed by atoms with Crippen LogP contribution in [0.5, 0.6) is 0 Å². The molecule has 1 atom stereocenters. The van der Waals surface area contributed by atoms with Crippen LogP contribution in [0.2, 0.25) is 0 Å². The molecular formula is C19H17FN2O2. The van der Waals surface area contributed by atoms with E-state index in [1.165, 1.54) is 12.1 Å². The monoisotopic (exact) mass is 324 g/mol. The number of aliphatic hydroxyl groups excluding tert-OH is 1. The van der Waals surface area contributed by atoms with Gasteiger partial charge < -0.3 is 15.0 Å². The number of carbonyl (C=O) groups is 1. The highest BCUT2D eigenvalue weighted by molar-refractivity contribution is 5.95. The minimum absolute atomic E-state index is 0.0375. The van der Waals surface area contributed by atoms with E-state index in [1.54, 1.807) is 17.0 Å². The number of aromatic nitrogens is 1. The van der Waals surface area contributed by atoms with E-state index in [9.17, 15) is 14.3 Å². The Hall–Kier alpha value is -2.66. The zero-order valence-corrected chi connectivity index (χ0v) is 13.0. The van der Waals surface area contributed by atoms with Crippen LogP contribution in [0.3, 0.4) is 0 Å². The molecule has 24 heavy (non-hydrogen) atoms. The Morgan fingerprint density at radius 3 is 2.75 bits per heavy atom. The van der Waals surface area contributed by atoms with E-state index in [1.807, 2.05) is 24.3 Å². The van der Waals surface area contributed by atoms with Crippen LogP contribution in [-0.2, 0) is 13.0 Å². The molecular weight excluding hydrogens is 307 g/mol. The van der Waals surface area contributed by atoms with Crippen LogP contribution in [0, 0.1) is 5.82 Å². The van der Waals surface area contributed by atoms with E-state index in [0.29, 0.717) is 13.0 Å². The number of nitrogens with zero attached hydrogens (tertiary/aromatic N) is 1. The third-order valence-electron chi connectivity index (χ3n) is 4.69. The van der Waals surface area contributed by atoms with Crippen molar-refractivity contribution in [1.29, 1.82) is 0 Å². The molecule has 0 saturated carbocycles. The zero-order valence-electron chi connectivity index (χ0n) is 13.0. The van der Waals surface area contributed by atoms with Gasteiger partial charge in [-0.2, -0.15) is 0 Å². The van der Waals surface area contributed by atoms with Gasteiger partial charge in [-0.3, -0.25) is 4.79 Å². The highest BCUT2D eigenvalue weighted by Crippen LogP contribution is 2.31. The molecule has 0 spiro atoms. The lowest BCUT2D eigenvalue weighted by molar-refractivity contribution is 0.0537. The van der Waals surface area contributed by atoms with Crippen molar-refractivity contribution in [1.82, 2.24) is 9.88 Å². The summed E-state index contributed by atoms with van der Waals surface area (Å²) in [4.78, 5) is 17.7. The topological polar surface area (TPSA) is 56.3 Å². The molecule has 2 N–H and O–H groups in total. The molecule has 0 fully saturated rings. The van der Waals surface area contributed by atoms with Crippen molar-refractivity contribution in [2.75, 3.05) is 6.61 Å². The van der Waals surface area contributed by atoms with Gasteiger partial charge in [0.1, 0.15) is 5.82 Å². The number of rotatable bonds is 2. The number of carbonyl (C=O) groups excluding carboxylic acids is 1. The number of H-pyrrole nitrogens is 1. The van der Waals surface area contributed by atoms with E-state index < -0.39 is 11.7 Å². The summed E-state index contributed by atoms with van der Waals surface area (Å²) in [7, 11) is 0. The molecule has 122 valence electrons. The Morgan fingerprint density at radius 1 is 1.21 bits per heavy atom. The lowest BCUT2D eigenvalue weighted by Gasteiger charge is -2.34. The van der Waals surface area contributed by atoms with Gasteiger partial charge in [0.25, 0.3) is 5.91 Å². The van der Waals surface area contributed by atoms with Gasteiger partial charge in [0, 0.05) is 16.6 Å². The molecule has 1 aliphatic heterocycles. The second-order valence-corrected chi connectivity index (χ2v) is 6.08. The van der Waals surface area contributed by atoms with Crippen LogP contribution in [-0.4, -0.2) is 33.5 Å². The number of para-hydroxylation sites is 1. The van der Waals surface area contributed by atoms with Crippen molar-refractivity contribution in [3.8, 4) is 0 Å². The minimum atomic E-state index is -0.540. The number of aliphatic hydroxyl groups is 1. The molecule has 0 radical (unpaired) electrons. The van der Waals surface area contributed by atoms with Gasteiger partial charge in [-0.05, 0) is 30.2 Å². The van der Waals surface area contributed by atoms with Gasteiger partial charge in [0.05, 0.1) is 24.8 Å². The summed E-state index contributed by atoms with van der Waals surface area (Å²) in [6, 6.07) is 13.6. The normalized spacial score (nSPS) is 17.1. The van der Waals surface area contributed by atoms with Gasteiger partial charge in [-0.1, -0.05) is 30.3 Å². The molecule has 0 bridgehead atoms. The van der Waals surface area contributed by atoms with E-state index >= 15 is 0 Å². The predicted octanol–water partition coefficient (Wildman–Crippen LogP) is 2.87. The van der Waals surface area contributed by atoms with Crippen molar-refractivity contribution >= 4 is 16.8 Å². The lowest BCUT2D eigenvalue weighted by Crippen LogP contribution is -2.46. The first-order valence-corrected chi connectivity index (χ1v) is 7.94. The first-order chi connectivity index (χ1) is 11.7. The van der Waals surface area contributed by atoms with Crippen molar-refractivity contribution in [2.45, 2.75) is 19.0 Å². The van der Waals surface area contributed by atoms with E-state index in [4.69, 9.17) is 0 Å². The van der Waals surface area contributed by atoms with E-state index in [-0.39, 0.29) is 18.2 Å². The number of hydrogen-bond donors (Lipinski definition) is 2. The number of hydrogen-bond acceptors (Lipinski definition) is 2. The fourth-order valence-electron chi connectivity index (χ4n) is 3.46. The van der Waals surface area contributed by atoms with Crippen LogP contribution in [0.15, 0.2) is 48.5 Å². The molecule has 4 rings (SSSR count). The molecule has 3 aromatic rings. The molecule has 0 saturated heterocycles. The lowest BCUT2D eigenvalue weighted by atomic mass is 9.96. The average Bonchev–Trinajstić information content (AvgIpc) is 2.98. The summed E-state index contributed by atoms with van der Waals surface area (Å²) < 4.78 is 14.0. The maximum absolute atomic E-state index is 14.0. The van der Waals surface area contributed by atoms with Crippen LogP contribution in [0.1, 0.15) is 21.6 Å². The quantitative estimate of drug-likeness (QED) is 0.761. The Labute approximate surface area is 138 Å². The van der Waals surface area contributed by atoms with Gasteiger partial charge in [0.2, 0.25) is 0 Å². The smallest absolute Gasteiger partial charge is 0.257 e. The number of nitrogens with one attached hydrogen (secondary N) is 1. The van der Waals surface area contributed by atoms with E-state index in [2.05, 4.69) is 4.98 Å². The summed E-state index contributed by atoms with van der Waals surface area (Å²) >= 11 is 0. The van der Waals surface area contributed by atoms with Crippen LogP contribution in [0.4, 0.5) is 4.39 Å². The average molecular weight is 324 g/mol. The second kappa shape index (κ2) is 5.76. The van der Waals surface area contributed by atoms with Gasteiger partial charge in [-0.15, -0.1) is 0 Å². The van der Waals surface area contributed by atoms with Gasteiger partial charge in [-0.25, -0.2) is 4.39 Å². The largest absolute Gasteiger partial charge is 0.394 e. The summed E-state index contributed by atoms with van der Waals surface area (Å²) in [5.74, 6) is -0.932. The number of aromatic amines is 1. The molecule has 1 amide bonds. The third kappa shape index (κ3) is 2.29. The second-order valence-electron chi connectivity index (χ2n) is 6.08. The Morgan fingerprint density at radius 2 is 1.96 bits per heavy atom. The predicted molar refractivity (Wildman–Crippen MR) is 89.2 cm³/mol. The van der Waals surface area contributed by atoms with Crippen molar-refractivity contribution in [2.24, 2.45) is 0 Å². The highest BCUT2D eigenvalue weighted by Gasteiger charge is 2.32. The standard InChI is InChI=1S/C19H17FN2O2/c20-16-7-3-1-6-14(16)19(24)22-10-18-15(9-12(22)11-23)13-5-2-4-8-17(13)21-18/h1-8,12,21,23H,9-11H2. The molecule has 1 unspecified atom stereocenters. The highest BCUT2D eigenvalue weighted by atomic mass is 19.1. The van der Waals surface area contributed by atoms with Crippen molar-refractivity contribution < 1.29 is 14.3 Å². The maximum atomic E-state index is 14.0. The van der Waals surface area contributed by atoms with Gasteiger partial charge in [0.15, 0.2) is 0 Å². The van der Waals surface area contributed by atoms with Crippen molar-refractivity contribution in [3.05, 3.63) is 71.2 Å². The fraction of sp³-hybridized carbons (Fsp3) is 0.211. The van der Waals surface area contributed by atoms with Crippen LogP contribution >= 0.6 is 0 Å². The first-order valence-electron chi connectivity index (χ1n) is 7.94. The molecule has 2 heterocycles. The summed E-state index contributed by atoms with van der Waals surface area (Å²) in [6.45, 7) is 0.182. The number of fused-ring (bicyclic) bond motifs is 3.